The fourth-order valence-corrected chi connectivity index (χ4v) is 4.64. The van der Waals surface area contributed by atoms with E-state index in [1.807, 2.05) is 4.90 Å². The van der Waals surface area contributed by atoms with Gasteiger partial charge >= 0.3 is 5.97 Å². The van der Waals surface area contributed by atoms with Crippen LogP contribution in [0.15, 0.2) is 16.5 Å². The molecule has 3 rings (SSSR count). The molecule has 2 aliphatic rings. The van der Waals surface area contributed by atoms with Crippen molar-refractivity contribution in [1.29, 1.82) is 0 Å². The maximum atomic E-state index is 11.9. The SMILES string of the molecule is CNC(=O)c1ccc(CN2C[C@@H]3CN(S(C)(=O)=O)C[C@]3(C(=O)O)C2)o1. The molecule has 10 heteroatoms. The van der Waals surface area contributed by atoms with Crippen molar-refractivity contribution in [1.82, 2.24) is 14.5 Å². The van der Waals surface area contributed by atoms with E-state index in [1.54, 1.807) is 12.1 Å². The van der Waals surface area contributed by atoms with Gasteiger partial charge in [0.2, 0.25) is 10.0 Å². The Hall–Kier alpha value is -1.91. The Kier molecular flexibility index (Phi) is 4.38. The molecule has 2 fully saturated rings. The third-order valence-corrected chi connectivity index (χ3v) is 6.25. The van der Waals surface area contributed by atoms with E-state index >= 15 is 0 Å². The first-order valence-electron chi connectivity index (χ1n) is 7.87. The van der Waals surface area contributed by atoms with Crippen molar-refractivity contribution in [2.45, 2.75) is 6.54 Å². The van der Waals surface area contributed by atoms with Crippen LogP contribution >= 0.6 is 0 Å². The Balaban J connectivity index is 1.73. The van der Waals surface area contributed by atoms with Crippen molar-refractivity contribution in [2.75, 3.05) is 39.5 Å². The Morgan fingerprint density at radius 3 is 2.64 bits per heavy atom. The molecular formula is C15H21N3O6S. The van der Waals surface area contributed by atoms with Gasteiger partial charge in [0, 0.05) is 39.1 Å². The monoisotopic (exact) mass is 371 g/mol. The number of carboxylic acid groups (broad SMARTS) is 1. The second kappa shape index (κ2) is 6.11. The lowest BCUT2D eigenvalue weighted by molar-refractivity contribution is -0.148. The normalized spacial score (nSPS) is 27.4. The van der Waals surface area contributed by atoms with Crippen LogP contribution in [0.4, 0.5) is 0 Å². The minimum absolute atomic E-state index is 0.00994. The van der Waals surface area contributed by atoms with Gasteiger partial charge in [-0.05, 0) is 12.1 Å². The maximum absolute atomic E-state index is 11.9. The molecule has 0 unspecified atom stereocenters. The van der Waals surface area contributed by atoms with Gasteiger partial charge in [-0.1, -0.05) is 0 Å². The molecule has 1 amide bonds. The molecule has 0 aliphatic carbocycles. The number of aliphatic carboxylic acids is 1. The van der Waals surface area contributed by atoms with Gasteiger partial charge in [-0.15, -0.1) is 0 Å². The summed E-state index contributed by atoms with van der Waals surface area (Å²) in [4.78, 5) is 25.4. The second-order valence-corrected chi connectivity index (χ2v) is 8.71. The van der Waals surface area contributed by atoms with Gasteiger partial charge in [0.25, 0.3) is 5.91 Å². The largest absolute Gasteiger partial charge is 0.481 e. The summed E-state index contributed by atoms with van der Waals surface area (Å²) in [7, 11) is -1.90. The van der Waals surface area contributed by atoms with E-state index in [0.717, 1.165) is 6.26 Å². The molecule has 2 aliphatic heterocycles. The van der Waals surface area contributed by atoms with Crippen LogP contribution in [0.2, 0.25) is 0 Å². The number of rotatable bonds is 5. The Bertz CT molecular complexity index is 804. The second-order valence-electron chi connectivity index (χ2n) is 6.73. The zero-order valence-corrected chi connectivity index (χ0v) is 14.9. The predicted molar refractivity (Wildman–Crippen MR) is 87.4 cm³/mol. The number of carbonyl (C=O) groups is 2. The number of nitrogens with zero attached hydrogens (tertiary/aromatic N) is 2. The van der Waals surface area contributed by atoms with Gasteiger partial charge in [0.05, 0.1) is 18.2 Å². The average Bonchev–Trinajstić information content (AvgIpc) is 3.18. The highest BCUT2D eigenvalue weighted by atomic mass is 32.2. The Labute approximate surface area is 145 Å². The van der Waals surface area contributed by atoms with E-state index in [4.69, 9.17) is 4.42 Å². The van der Waals surface area contributed by atoms with Crippen LogP contribution < -0.4 is 5.32 Å². The summed E-state index contributed by atoms with van der Waals surface area (Å²) in [5, 5.41) is 12.2. The molecule has 9 nitrogen and oxygen atoms in total. The fourth-order valence-electron chi connectivity index (χ4n) is 3.73. The van der Waals surface area contributed by atoms with E-state index < -0.39 is 21.4 Å². The number of sulfonamides is 1. The molecule has 0 spiro atoms. The molecule has 2 N–H and O–H groups in total. The number of hydrogen-bond donors (Lipinski definition) is 2. The molecule has 25 heavy (non-hydrogen) atoms. The van der Waals surface area contributed by atoms with Gasteiger partial charge < -0.3 is 14.8 Å². The number of carbonyl (C=O) groups excluding carboxylic acids is 1. The molecule has 138 valence electrons. The standard InChI is InChI=1S/C15H21N3O6S/c1-16-13(19)12-4-3-11(24-12)7-17-5-10-6-18(25(2,22)23)9-15(10,8-17)14(20)21/h3-4,10H,5-9H2,1-2H3,(H,16,19)(H,20,21)/t10-,15-/m1/s1. The highest BCUT2D eigenvalue weighted by Crippen LogP contribution is 2.44. The number of carboxylic acids is 1. The summed E-state index contributed by atoms with van der Waals surface area (Å²) in [6, 6.07) is 3.26. The van der Waals surface area contributed by atoms with Crippen LogP contribution in [0, 0.1) is 11.3 Å². The highest BCUT2D eigenvalue weighted by Gasteiger charge is 2.59. The number of likely N-dealkylation sites (tertiary alicyclic amines) is 1. The summed E-state index contributed by atoms with van der Waals surface area (Å²) < 4.78 is 30.3. The Morgan fingerprint density at radius 2 is 2.08 bits per heavy atom. The van der Waals surface area contributed by atoms with Crippen LogP contribution in [0.5, 0.6) is 0 Å². The van der Waals surface area contributed by atoms with Crippen molar-refractivity contribution in [3.05, 3.63) is 23.7 Å². The quantitative estimate of drug-likeness (QED) is 0.710. The van der Waals surface area contributed by atoms with Crippen LogP contribution in [0.3, 0.4) is 0 Å². The summed E-state index contributed by atoms with van der Waals surface area (Å²) in [5.41, 5.74) is -1.10. The van der Waals surface area contributed by atoms with Gasteiger partial charge in [-0.25, -0.2) is 12.7 Å². The van der Waals surface area contributed by atoms with E-state index in [1.165, 1.54) is 11.4 Å². The lowest BCUT2D eigenvalue weighted by atomic mass is 9.81. The van der Waals surface area contributed by atoms with E-state index in [2.05, 4.69) is 5.32 Å². The summed E-state index contributed by atoms with van der Waals surface area (Å²) in [5.74, 6) is -0.799. The van der Waals surface area contributed by atoms with Crippen LogP contribution in [-0.2, 0) is 21.4 Å². The minimum atomic E-state index is -3.41. The van der Waals surface area contributed by atoms with Gasteiger partial charge in [-0.2, -0.15) is 0 Å². The number of amides is 1. The van der Waals surface area contributed by atoms with Crippen LogP contribution in [-0.4, -0.2) is 74.1 Å². The zero-order chi connectivity index (χ0) is 18.4. The average molecular weight is 371 g/mol. The highest BCUT2D eigenvalue weighted by molar-refractivity contribution is 7.88. The third-order valence-electron chi connectivity index (χ3n) is 5.04. The van der Waals surface area contributed by atoms with Crippen LogP contribution in [0.1, 0.15) is 16.3 Å². The fraction of sp³-hybridized carbons (Fsp3) is 0.600. The maximum Gasteiger partial charge on any atom is 0.312 e. The minimum Gasteiger partial charge on any atom is -0.481 e. The van der Waals surface area contributed by atoms with Gasteiger partial charge in [-0.3, -0.25) is 14.5 Å². The van der Waals surface area contributed by atoms with Crippen molar-refractivity contribution in [2.24, 2.45) is 11.3 Å². The molecule has 0 saturated carbocycles. The molecular weight excluding hydrogens is 350 g/mol. The Morgan fingerprint density at radius 1 is 1.36 bits per heavy atom. The van der Waals surface area contributed by atoms with E-state index in [9.17, 15) is 23.1 Å². The molecule has 0 radical (unpaired) electrons. The third kappa shape index (κ3) is 3.16. The van der Waals surface area contributed by atoms with Gasteiger partial charge in [0.1, 0.15) is 5.76 Å². The van der Waals surface area contributed by atoms with Gasteiger partial charge in [0.15, 0.2) is 5.76 Å². The summed E-state index contributed by atoms with van der Waals surface area (Å²) >= 11 is 0. The predicted octanol–water partition coefficient (Wildman–Crippen LogP) is -0.583. The molecule has 3 heterocycles. The van der Waals surface area contributed by atoms with Crippen molar-refractivity contribution < 1.29 is 27.5 Å². The first-order chi connectivity index (χ1) is 11.7. The molecule has 2 saturated heterocycles. The smallest absolute Gasteiger partial charge is 0.312 e. The molecule has 1 aromatic rings. The number of hydrogen-bond acceptors (Lipinski definition) is 6. The van der Waals surface area contributed by atoms with Crippen molar-refractivity contribution >= 4 is 21.9 Å². The summed E-state index contributed by atoms with van der Waals surface area (Å²) in [6.07, 6.45) is 1.10. The number of furan rings is 1. The van der Waals surface area contributed by atoms with E-state index in [-0.39, 0.29) is 37.2 Å². The number of fused-ring (bicyclic) bond motifs is 1. The first-order valence-corrected chi connectivity index (χ1v) is 9.72. The molecule has 0 bridgehead atoms. The number of nitrogens with one attached hydrogen (secondary N) is 1. The molecule has 1 aromatic heterocycles. The molecule has 0 aromatic carbocycles. The summed E-state index contributed by atoms with van der Waals surface area (Å²) in [6.45, 7) is 1.29. The first kappa shape index (κ1) is 17.9. The van der Waals surface area contributed by atoms with Crippen molar-refractivity contribution in [3.63, 3.8) is 0 Å². The van der Waals surface area contributed by atoms with E-state index in [0.29, 0.717) is 18.8 Å². The van der Waals surface area contributed by atoms with Crippen molar-refractivity contribution in [3.8, 4) is 0 Å². The zero-order valence-electron chi connectivity index (χ0n) is 14.1. The molecule has 2 atom stereocenters. The topological polar surface area (TPSA) is 120 Å². The lowest BCUT2D eigenvalue weighted by Gasteiger charge is -2.24. The lowest BCUT2D eigenvalue weighted by Crippen LogP contribution is -2.41. The van der Waals surface area contributed by atoms with Crippen LogP contribution in [0.25, 0.3) is 0 Å².